The van der Waals surface area contributed by atoms with Gasteiger partial charge in [-0.1, -0.05) is 29.8 Å². The van der Waals surface area contributed by atoms with Gasteiger partial charge in [-0.3, -0.25) is 19.7 Å². The number of para-hydroxylation sites is 1. The van der Waals surface area contributed by atoms with Crippen molar-refractivity contribution >= 4 is 40.7 Å². The fourth-order valence-electron chi connectivity index (χ4n) is 3.86. The first-order valence-corrected chi connectivity index (χ1v) is 10.1. The molecule has 2 aromatic rings. The molecule has 0 aromatic heterocycles. The molecule has 0 bridgehead atoms. The lowest BCUT2D eigenvalue weighted by Gasteiger charge is -2.43. The van der Waals surface area contributed by atoms with E-state index in [9.17, 15) is 14.4 Å². The second kappa shape index (κ2) is 8.83. The number of amides is 3. The third-order valence-electron chi connectivity index (χ3n) is 5.29. The first kappa shape index (κ1) is 21.0. The van der Waals surface area contributed by atoms with E-state index >= 15 is 0 Å². The summed E-state index contributed by atoms with van der Waals surface area (Å²) < 4.78 is 5.26. The van der Waals surface area contributed by atoms with E-state index in [-0.39, 0.29) is 18.2 Å². The van der Waals surface area contributed by atoms with Crippen LogP contribution < -0.4 is 31.3 Å². The van der Waals surface area contributed by atoms with Gasteiger partial charge in [0.15, 0.2) is 6.29 Å². The summed E-state index contributed by atoms with van der Waals surface area (Å²) in [5.74, 6) is -2.34. The normalized spacial score (nSPS) is 25.0. The molecule has 2 aromatic carbocycles. The van der Waals surface area contributed by atoms with Crippen LogP contribution in [0.3, 0.4) is 0 Å². The Hall–Kier alpha value is -3.30. The van der Waals surface area contributed by atoms with E-state index in [1.54, 1.807) is 18.2 Å². The molecule has 4 rings (SSSR count). The van der Waals surface area contributed by atoms with Crippen molar-refractivity contribution in [2.75, 3.05) is 17.7 Å². The number of methoxy groups -OCH3 is 1. The van der Waals surface area contributed by atoms with Crippen LogP contribution in [-0.2, 0) is 14.4 Å². The van der Waals surface area contributed by atoms with Crippen molar-refractivity contribution in [1.82, 2.24) is 16.0 Å². The quantitative estimate of drug-likeness (QED) is 0.477. The molecule has 4 atom stereocenters. The summed E-state index contributed by atoms with van der Waals surface area (Å²) in [5, 5.41) is 15.0. The zero-order valence-electron chi connectivity index (χ0n) is 16.6. The van der Waals surface area contributed by atoms with Crippen molar-refractivity contribution in [1.29, 1.82) is 0 Å². The summed E-state index contributed by atoms with van der Waals surface area (Å²) in [5.41, 5.74) is 1.17. The smallest absolute Gasteiger partial charge is 0.229 e. The molecule has 0 radical (unpaired) electrons. The maximum absolute atomic E-state index is 13.1. The van der Waals surface area contributed by atoms with E-state index in [1.165, 1.54) is 7.11 Å². The number of piperidine rings is 1. The Labute approximate surface area is 183 Å². The molecule has 2 aliphatic heterocycles. The van der Waals surface area contributed by atoms with E-state index < -0.39 is 30.2 Å². The molecule has 162 valence electrons. The van der Waals surface area contributed by atoms with Crippen LogP contribution in [-0.4, -0.2) is 37.3 Å². The third kappa shape index (κ3) is 4.57. The molecule has 31 heavy (non-hydrogen) atoms. The molecule has 0 spiro atoms. The van der Waals surface area contributed by atoms with E-state index in [1.807, 2.05) is 30.3 Å². The van der Waals surface area contributed by atoms with Crippen LogP contribution in [0.25, 0.3) is 0 Å². The summed E-state index contributed by atoms with van der Waals surface area (Å²) in [6, 6.07) is 14.1. The highest BCUT2D eigenvalue weighted by molar-refractivity contribution is 6.31. The molecule has 2 fully saturated rings. The third-order valence-corrected chi connectivity index (χ3v) is 5.53. The Morgan fingerprint density at radius 3 is 2.65 bits per heavy atom. The van der Waals surface area contributed by atoms with Crippen LogP contribution in [0.5, 0.6) is 5.75 Å². The number of anilines is 2. The number of fused-ring (bicyclic) bond motifs is 1. The first-order chi connectivity index (χ1) is 14.9. The summed E-state index contributed by atoms with van der Waals surface area (Å²) in [4.78, 5) is 38.3. The van der Waals surface area contributed by atoms with Crippen LogP contribution in [0.2, 0.25) is 5.02 Å². The molecule has 0 saturated carbocycles. The zero-order valence-corrected chi connectivity index (χ0v) is 17.4. The first-order valence-electron chi connectivity index (χ1n) is 9.76. The van der Waals surface area contributed by atoms with Gasteiger partial charge < -0.3 is 26.0 Å². The monoisotopic (exact) mass is 443 g/mol. The summed E-state index contributed by atoms with van der Waals surface area (Å²) in [6.07, 6.45) is -1.42. The van der Waals surface area contributed by atoms with Crippen molar-refractivity contribution < 1.29 is 19.1 Å². The largest absolute Gasteiger partial charge is 0.495 e. The zero-order chi connectivity index (χ0) is 22.0. The number of hydrogen-bond donors (Lipinski definition) is 5. The number of carbonyl (C=O) groups is 3. The van der Waals surface area contributed by atoms with Crippen LogP contribution in [0, 0.1) is 11.8 Å². The van der Waals surface area contributed by atoms with Crippen molar-refractivity contribution in [3.05, 3.63) is 53.6 Å². The minimum Gasteiger partial charge on any atom is -0.495 e. The molecule has 2 aliphatic rings. The lowest BCUT2D eigenvalue weighted by Crippen LogP contribution is -2.72. The van der Waals surface area contributed by atoms with Crippen LogP contribution in [0.15, 0.2) is 48.5 Å². The highest BCUT2D eigenvalue weighted by Gasteiger charge is 2.48. The van der Waals surface area contributed by atoms with Gasteiger partial charge >= 0.3 is 0 Å². The Bertz CT molecular complexity index is 1000. The highest BCUT2D eigenvalue weighted by atomic mass is 35.5. The topological polar surface area (TPSA) is 121 Å². The number of carbonyl (C=O) groups excluding carboxylic acids is 3. The van der Waals surface area contributed by atoms with Crippen LogP contribution in [0.1, 0.15) is 6.42 Å². The van der Waals surface area contributed by atoms with E-state index in [0.29, 0.717) is 16.5 Å². The maximum Gasteiger partial charge on any atom is 0.229 e. The van der Waals surface area contributed by atoms with Gasteiger partial charge in [0.05, 0.1) is 30.8 Å². The van der Waals surface area contributed by atoms with Gasteiger partial charge in [-0.05, 0) is 30.3 Å². The fraction of sp³-hybridized carbons (Fsp3) is 0.286. The minimum atomic E-state index is -0.868. The number of ether oxygens (including phenoxy) is 1. The average Bonchev–Trinajstić information content (AvgIpc) is 2.73. The lowest BCUT2D eigenvalue weighted by atomic mass is 9.81. The number of halogens is 1. The number of hydrogen-bond acceptors (Lipinski definition) is 6. The molecule has 3 amide bonds. The van der Waals surface area contributed by atoms with Crippen molar-refractivity contribution in [2.24, 2.45) is 11.8 Å². The Balaban J connectivity index is 1.51. The molecule has 0 aliphatic carbocycles. The Kier molecular flexibility index (Phi) is 5.97. The van der Waals surface area contributed by atoms with E-state index in [2.05, 4.69) is 26.6 Å². The van der Waals surface area contributed by atoms with Gasteiger partial charge in [-0.2, -0.15) is 0 Å². The predicted octanol–water partition coefficient (Wildman–Crippen LogP) is 1.48. The molecule has 10 heteroatoms. The van der Waals surface area contributed by atoms with Crippen LogP contribution >= 0.6 is 11.6 Å². The number of benzene rings is 2. The standard InChI is InChI=1S/C21H22ClN5O4/c1-31-15-8-7-11(22)9-14(15)24-19(29)13-10-16(28)25-18-17(13)20(30)27-21(26-18)23-12-5-3-2-4-6-12/h2-9,13,17-18,21,23,26H,10H2,1H3,(H,24,29)(H,25,28)(H,27,30). The molecule has 9 nitrogen and oxygen atoms in total. The van der Waals surface area contributed by atoms with Gasteiger partial charge in [-0.25, -0.2) is 0 Å². The van der Waals surface area contributed by atoms with Crippen LogP contribution in [0.4, 0.5) is 11.4 Å². The molecule has 2 saturated heterocycles. The number of nitrogens with one attached hydrogen (secondary N) is 5. The van der Waals surface area contributed by atoms with Gasteiger partial charge in [0.2, 0.25) is 17.7 Å². The fourth-order valence-corrected chi connectivity index (χ4v) is 4.03. The molecular formula is C21H22ClN5O4. The maximum atomic E-state index is 13.1. The van der Waals surface area contributed by atoms with E-state index in [0.717, 1.165) is 5.69 Å². The average molecular weight is 444 g/mol. The summed E-state index contributed by atoms with van der Waals surface area (Å²) in [6.45, 7) is 0. The van der Waals surface area contributed by atoms with E-state index in [4.69, 9.17) is 16.3 Å². The predicted molar refractivity (Wildman–Crippen MR) is 115 cm³/mol. The molecular weight excluding hydrogens is 422 g/mol. The Morgan fingerprint density at radius 1 is 1.13 bits per heavy atom. The summed E-state index contributed by atoms with van der Waals surface area (Å²) >= 11 is 6.03. The van der Waals surface area contributed by atoms with Gasteiger partial charge in [0, 0.05) is 17.1 Å². The molecule has 5 N–H and O–H groups in total. The van der Waals surface area contributed by atoms with Gasteiger partial charge in [0.25, 0.3) is 0 Å². The number of rotatable bonds is 5. The second-order valence-corrected chi connectivity index (χ2v) is 7.77. The van der Waals surface area contributed by atoms with Crippen molar-refractivity contribution in [3.8, 4) is 5.75 Å². The summed E-state index contributed by atoms with van der Waals surface area (Å²) in [7, 11) is 1.47. The van der Waals surface area contributed by atoms with Gasteiger partial charge in [-0.15, -0.1) is 0 Å². The molecule has 2 heterocycles. The Morgan fingerprint density at radius 2 is 1.90 bits per heavy atom. The minimum absolute atomic E-state index is 0.109. The highest BCUT2D eigenvalue weighted by Crippen LogP contribution is 2.31. The second-order valence-electron chi connectivity index (χ2n) is 7.33. The van der Waals surface area contributed by atoms with Crippen molar-refractivity contribution in [2.45, 2.75) is 18.9 Å². The SMILES string of the molecule is COc1ccc(Cl)cc1NC(=O)C1CC(=O)NC2NC(Nc3ccccc3)NC(=O)C21. The van der Waals surface area contributed by atoms with Crippen molar-refractivity contribution in [3.63, 3.8) is 0 Å². The van der Waals surface area contributed by atoms with Gasteiger partial charge in [0.1, 0.15) is 5.75 Å². The molecule has 4 unspecified atom stereocenters. The lowest BCUT2D eigenvalue weighted by molar-refractivity contribution is -0.144.